The van der Waals surface area contributed by atoms with Gasteiger partial charge in [0.15, 0.2) is 10.3 Å². The van der Waals surface area contributed by atoms with Gasteiger partial charge in [-0.05, 0) is 27.7 Å². The molecule has 16 heavy (non-hydrogen) atoms. The molecule has 0 unspecified atom stereocenters. The van der Waals surface area contributed by atoms with Gasteiger partial charge in [-0.1, -0.05) is 23.2 Å². The largest absolute Gasteiger partial charge is 0.388 e. The first-order valence-electron chi connectivity index (χ1n) is 4.83. The van der Waals surface area contributed by atoms with Crippen LogP contribution in [-0.2, 0) is 0 Å². The molecular weight excluding hydrogens is 249 g/mol. The number of rotatable bonds is 3. The number of aliphatic hydroxyl groups is 1. The summed E-state index contributed by atoms with van der Waals surface area (Å²) in [7, 11) is 0. The van der Waals surface area contributed by atoms with Crippen LogP contribution in [0.3, 0.4) is 0 Å². The third-order valence-electron chi connectivity index (χ3n) is 2.70. The molecule has 1 rings (SSSR count). The maximum absolute atomic E-state index is 9.99. The summed E-state index contributed by atoms with van der Waals surface area (Å²) >= 11 is 11.6. The average molecular weight is 264 g/mol. The average Bonchev–Trinajstić information content (AvgIpc) is 2.09. The highest BCUT2D eigenvalue weighted by atomic mass is 35.5. The van der Waals surface area contributed by atoms with Crippen molar-refractivity contribution in [3.8, 4) is 0 Å². The second-order valence-corrected chi connectivity index (χ2v) is 5.43. The third-order valence-corrected chi connectivity index (χ3v) is 3.16. The Bertz CT molecular complexity index is 388. The molecule has 4 nitrogen and oxygen atoms in total. The van der Waals surface area contributed by atoms with Crippen LogP contribution in [0, 0.1) is 0 Å². The molecule has 0 fully saturated rings. The van der Waals surface area contributed by atoms with Crippen LogP contribution in [-0.4, -0.2) is 26.4 Å². The molecule has 0 spiro atoms. The van der Waals surface area contributed by atoms with Gasteiger partial charge >= 0.3 is 0 Å². The lowest BCUT2D eigenvalue weighted by atomic mass is 9.86. The number of nitrogens with one attached hydrogen (secondary N) is 1. The summed E-state index contributed by atoms with van der Waals surface area (Å²) in [6.07, 6.45) is 0. The zero-order chi connectivity index (χ0) is 12.6. The maximum Gasteiger partial charge on any atom is 0.174 e. The van der Waals surface area contributed by atoms with Gasteiger partial charge in [-0.15, -0.1) is 10.2 Å². The molecule has 1 aromatic rings. The number of anilines is 1. The Balaban J connectivity index is 3.01. The molecule has 0 atom stereocenters. The van der Waals surface area contributed by atoms with Crippen molar-refractivity contribution in [1.82, 2.24) is 10.2 Å². The molecule has 1 heterocycles. The molecule has 0 saturated carbocycles. The molecule has 90 valence electrons. The fourth-order valence-corrected chi connectivity index (χ4v) is 1.22. The Morgan fingerprint density at radius 2 is 1.75 bits per heavy atom. The Hall–Kier alpha value is -0.580. The van der Waals surface area contributed by atoms with Crippen molar-refractivity contribution in [2.45, 2.75) is 38.8 Å². The molecule has 0 aliphatic heterocycles. The standard InChI is InChI=1S/C10H15Cl2N3O/c1-9(2,10(3,4)16)13-6-5-7(11)14-15-8(6)12/h5,16H,1-4H3,(H,13,14). The van der Waals surface area contributed by atoms with E-state index in [1.165, 1.54) is 0 Å². The second kappa shape index (κ2) is 4.35. The van der Waals surface area contributed by atoms with Crippen LogP contribution in [0.15, 0.2) is 6.07 Å². The molecule has 0 saturated heterocycles. The molecule has 0 aromatic carbocycles. The van der Waals surface area contributed by atoms with E-state index in [1.54, 1.807) is 19.9 Å². The van der Waals surface area contributed by atoms with Gasteiger partial charge in [0.2, 0.25) is 0 Å². The van der Waals surface area contributed by atoms with Gasteiger partial charge in [0, 0.05) is 6.07 Å². The number of aromatic nitrogens is 2. The van der Waals surface area contributed by atoms with E-state index >= 15 is 0 Å². The van der Waals surface area contributed by atoms with E-state index in [2.05, 4.69) is 15.5 Å². The van der Waals surface area contributed by atoms with Crippen molar-refractivity contribution in [2.75, 3.05) is 5.32 Å². The van der Waals surface area contributed by atoms with Gasteiger partial charge in [-0.3, -0.25) is 0 Å². The molecule has 0 aliphatic carbocycles. The predicted molar refractivity (Wildman–Crippen MR) is 66.1 cm³/mol. The van der Waals surface area contributed by atoms with E-state index < -0.39 is 11.1 Å². The van der Waals surface area contributed by atoms with Gasteiger partial charge < -0.3 is 10.4 Å². The Morgan fingerprint density at radius 1 is 1.19 bits per heavy atom. The second-order valence-electron chi connectivity index (χ2n) is 4.68. The van der Waals surface area contributed by atoms with Crippen molar-refractivity contribution in [3.05, 3.63) is 16.4 Å². The summed E-state index contributed by atoms with van der Waals surface area (Å²) in [6.45, 7) is 7.14. The summed E-state index contributed by atoms with van der Waals surface area (Å²) in [6, 6.07) is 1.57. The van der Waals surface area contributed by atoms with Crippen LogP contribution in [0.2, 0.25) is 10.3 Å². The van der Waals surface area contributed by atoms with Crippen LogP contribution < -0.4 is 5.32 Å². The summed E-state index contributed by atoms with van der Waals surface area (Å²) < 4.78 is 0. The van der Waals surface area contributed by atoms with Crippen LogP contribution in [0.4, 0.5) is 5.69 Å². The molecule has 6 heteroatoms. The maximum atomic E-state index is 9.99. The van der Waals surface area contributed by atoms with E-state index in [-0.39, 0.29) is 10.3 Å². The number of halogens is 2. The van der Waals surface area contributed by atoms with Crippen molar-refractivity contribution in [3.63, 3.8) is 0 Å². The Kier molecular flexibility index (Phi) is 3.67. The third kappa shape index (κ3) is 2.97. The van der Waals surface area contributed by atoms with Gasteiger partial charge in [-0.2, -0.15) is 0 Å². The van der Waals surface area contributed by atoms with Crippen LogP contribution in [0.25, 0.3) is 0 Å². The first kappa shape index (κ1) is 13.5. The van der Waals surface area contributed by atoms with Crippen LogP contribution in [0.5, 0.6) is 0 Å². The molecule has 0 bridgehead atoms. The lowest BCUT2D eigenvalue weighted by Crippen LogP contribution is -2.51. The highest BCUT2D eigenvalue weighted by Crippen LogP contribution is 2.29. The first-order valence-corrected chi connectivity index (χ1v) is 5.58. The highest BCUT2D eigenvalue weighted by Gasteiger charge is 2.35. The minimum Gasteiger partial charge on any atom is -0.388 e. The van der Waals surface area contributed by atoms with Gasteiger partial charge in [0.25, 0.3) is 0 Å². The topological polar surface area (TPSA) is 58.0 Å². The van der Waals surface area contributed by atoms with Crippen molar-refractivity contribution < 1.29 is 5.11 Å². The van der Waals surface area contributed by atoms with Gasteiger partial charge in [0.05, 0.1) is 16.8 Å². The molecule has 1 aromatic heterocycles. The molecule has 0 aliphatic rings. The van der Waals surface area contributed by atoms with Crippen molar-refractivity contribution in [1.29, 1.82) is 0 Å². The van der Waals surface area contributed by atoms with E-state index in [1.807, 2.05) is 13.8 Å². The Morgan fingerprint density at radius 3 is 2.25 bits per heavy atom. The Labute approximate surface area is 105 Å². The molecule has 2 N–H and O–H groups in total. The fraction of sp³-hybridized carbons (Fsp3) is 0.600. The normalized spacial score (nSPS) is 12.7. The SMILES string of the molecule is CC(C)(O)C(C)(C)Nc1cc(Cl)nnc1Cl. The lowest BCUT2D eigenvalue weighted by Gasteiger charge is -2.38. The molecular formula is C10H15Cl2N3O. The van der Waals surface area contributed by atoms with E-state index in [0.717, 1.165) is 0 Å². The van der Waals surface area contributed by atoms with Crippen LogP contribution >= 0.6 is 23.2 Å². The van der Waals surface area contributed by atoms with Gasteiger partial charge in [-0.25, -0.2) is 0 Å². The quantitative estimate of drug-likeness (QED) is 0.881. The molecule has 0 amide bonds. The first-order chi connectivity index (χ1) is 7.13. The number of hydrogen-bond donors (Lipinski definition) is 2. The zero-order valence-electron chi connectivity index (χ0n) is 9.67. The summed E-state index contributed by atoms with van der Waals surface area (Å²) in [4.78, 5) is 0. The zero-order valence-corrected chi connectivity index (χ0v) is 11.2. The smallest absolute Gasteiger partial charge is 0.174 e. The van der Waals surface area contributed by atoms with Crippen LogP contribution in [0.1, 0.15) is 27.7 Å². The molecule has 0 radical (unpaired) electrons. The van der Waals surface area contributed by atoms with Crippen molar-refractivity contribution in [2.24, 2.45) is 0 Å². The predicted octanol–water partition coefficient (Wildman–Crippen LogP) is 2.74. The lowest BCUT2D eigenvalue weighted by molar-refractivity contribution is 0.0240. The monoisotopic (exact) mass is 263 g/mol. The van der Waals surface area contributed by atoms with Gasteiger partial charge in [0.1, 0.15) is 0 Å². The van der Waals surface area contributed by atoms with E-state index in [9.17, 15) is 5.11 Å². The van der Waals surface area contributed by atoms with E-state index in [4.69, 9.17) is 23.2 Å². The minimum atomic E-state index is -0.925. The van der Waals surface area contributed by atoms with E-state index in [0.29, 0.717) is 5.69 Å². The minimum absolute atomic E-state index is 0.224. The highest BCUT2D eigenvalue weighted by molar-refractivity contribution is 6.33. The summed E-state index contributed by atoms with van der Waals surface area (Å²) in [5.41, 5.74) is -0.955. The summed E-state index contributed by atoms with van der Waals surface area (Å²) in [5, 5.41) is 20.9. The fourth-order valence-electron chi connectivity index (χ4n) is 0.930. The summed E-state index contributed by atoms with van der Waals surface area (Å²) in [5.74, 6) is 0. The number of nitrogens with zero attached hydrogens (tertiary/aromatic N) is 2. The number of hydrogen-bond acceptors (Lipinski definition) is 4. The van der Waals surface area contributed by atoms with Crippen molar-refractivity contribution >= 4 is 28.9 Å².